The van der Waals surface area contributed by atoms with Crippen molar-refractivity contribution in [1.82, 2.24) is 9.38 Å². The van der Waals surface area contributed by atoms with E-state index in [1.807, 2.05) is 0 Å². The van der Waals surface area contributed by atoms with Gasteiger partial charge in [-0.2, -0.15) is 0 Å². The zero-order valence-electron chi connectivity index (χ0n) is 8.26. The van der Waals surface area contributed by atoms with Gasteiger partial charge in [-0.25, -0.2) is 0 Å². The molecule has 0 aliphatic heterocycles. The van der Waals surface area contributed by atoms with Gasteiger partial charge in [-0.1, -0.05) is 11.6 Å². The van der Waals surface area contributed by atoms with Gasteiger partial charge in [-0.3, -0.25) is 4.40 Å². The fourth-order valence-electron chi connectivity index (χ4n) is 1.54. The highest BCUT2D eigenvalue weighted by molar-refractivity contribution is 6.30. The number of nitrogens with zero attached hydrogens (tertiary/aromatic N) is 3. The van der Waals surface area contributed by atoms with E-state index in [9.17, 15) is 10.1 Å². The largest absolute Gasteiger partial charge is 0.389 e. The zero-order chi connectivity index (χ0) is 11.7. The van der Waals surface area contributed by atoms with Gasteiger partial charge in [0.1, 0.15) is 5.52 Å². The predicted molar refractivity (Wildman–Crippen MR) is 59.6 cm³/mol. The van der Waals surface area contributed by atoms with Crippen LogP contribution in [0.15, 0.2) is 18.3 Å². The molecular weight excluding hydrogens is 232 g/mol. The molecule has 0 saturated carbocycles. The third-order valence-corrected chi connectivity index (χ3v) is 2.42. The second kappa shape index (κ2) is 4.07. The first-order valence-electron chi connectivity index (χ1n) is 4.64. The van der Waals surface area contributed by atoms with E-state index < -0.39 is 4.92 Å². The first kappa shape index (κ1) is 10.8. The molecule has 2 aromatic heterocycles. The number of fused-ring (bicyclic) bond motifs is 1. The average molecular weight is 241 g/mol. The zero-order valence-corrected chi connectivity index (χ0v) is 9.02. The van der Waals surface area contributed by atoms with E-state index >= 15 is 0 Å². The lowest BCUT2D eigenvalue weighted by molar-refractivity contribution is -0.387. The number of nitrogens with two attached hydrogens (primary N) is 1. The number of hydrogen-bond donors (Lipinski definition) is 1. The molecule has 0 unspecified atom stereocenters. The lowest BCUT2D eigenvalue weighted by atomic mass is 10.4. The van der Waals surface area contributed by atoms with Gasteiger partial charge >= 0.3 is 5.82 Å². The quantitative estimate of drug-likeness (QED) is 0.649. The maximum Gasteiger partial charge on any atom is 0.389 e. The van der Waals surface area contributed by atoms with Crippen LogP contribution in [0, 0.1) is 10.1 Å². The molecule has 7 heteroatoms. The number of rotatable bonds is 3. The Labute approximate surface area is 95.8 Å². The summed E-state index contributed by atoms with van der Waals surface area (Å²) >= 11 is 5.83. The maximum atomic E-state index is 10.8. The third kappa shape index (κ3) is 1.72. The van der Waals surface area contributed by atoms with E-state index in [-0.39, 0.29) is 5.82 Å². The van der Waals surface area contributed by atoms with Gasteiger partial charge in [-0.15, -0.1) is 0 Å². The van der Waals surface area contributed by atoms with Crippen LogP contribution in [0.2, 0.25) is 5.02 Å². The minimum Gasteiger partial charge on any atom is -0.358 e. The second-order valence-corrected chi connectivity index (χ2v) is 3.69. The molecule has 0 aromatic carbocycles. The maximum absolute atomic E-state index is 10.8. The summed E-state index contributed by atoms with van der Waals surface area (Å²) in [6, 6.07) is 3.17. The Hall–Kier alpha value is -1.66. The van der Waals surface area contributed by atoms with E-state index in [1.165, 1.54) is 0 Å². The van der Waals surface area contributed by atoms with Crippen LogP contribution < -0.4 is 5.73 Å². The lowest BCUT2D eigenvalue weighted by Crippen LogP contribution is -2.06. The van der Waals surface area contributed by atoms with Gasteiger partial charge in [0.05, 0.1) is 5.02 Å². The van der Waals surface area contributed by atoms with Gasteiger partial charge in [0.25, 0.3) is 0 Å². The summed E-state index contributed by atoms with van der Waals surface area (Å²) in [5, 5.41) is 11.3. The molecular formula is C9H9ClN4O2. The Kier molecular flexibility index (Phi) is 2.76. The molecule has 2 aromatic rings. The Morgan fingerprint density at radius 2 is 2.31 bits per heavy atom. The number of aromatic nitrogens is 2. The Bertz CT molecular complexity index is 552. The van der Waals surface area contributed by atoms with E-state index in [4.69, 9.17) is 17.3 Å². The second-order valence-electron chi connectivity index (χ2n) is 3.25. The van der Waals surface area contributed by atoms with Crippen molar-refractivity contribution in [2.75, 3.05) is 6.54 Å². The van der Waals surface area contributed by atoms with Crippen molar-refractivity contribution in [3.8, 4) is 0 Å². The van der Waals surface area contributed by atoms with Crippen LogP contribution in [0.3, 0.4) is 0 Å². The highest BCUT2D eigenvalue weighted by atomic mass is 35.5. The summed E-state index contributed by atoms with van der Waals surface area (Å²) in [7, 11) is 0. The Balaban J connectivity index is 2.71. The molecule has 0 fully saturated rings. The van der Waals surface area contributed by atoms with E-state index in [0.717, 1.165) is 0 Å². The molecule has 0 spiro atoms. The van der Waals surface area contributed by atoms with Crippen LogP contribution in [-0.4, -0.2) is 20.9 Å². The summed E-state index contributed by atoms with van der Waals surface area (Å²) in [4.78, 5) is 14.2. The minimum atomic E-state index is -0.511. The van der Waals surface area contributed by atoms with Crippen molar-refractivity contribution >= 4 is 22.9 Å². The van der Waals surface area contributed by atoms with Crippen molar-refractivity contribution in [3.05, 3.63) is 39.3 Å². The normalized spacial score (nSPS) is 10.9. The van der Waals surface area contributed by atoms with E-state index in [0.29, 0.717) is 29.3 Å². The lowest BCUT2D eigenvalue weighted by Gasteiger charge is -1.96. The number of halogens is 1. The highest BCUT2D eigenvalue weighted by Gasteiger charge is 2.21. The minimum absolute atomic E-state index is 0.167. The van der Waals surface area contributed by atoms with Crippen LogP contribution in [0.1, 0.15) is 5.82 Å². The number of imidazole rings is 1. The molecule has 6 nitrogen and oxygen atoms in total. The molecule has 2 N–H and O–H groups in total. The Morgan fingerprint density at radius 3 is 2.94 bits per heavy atom. The van der Waals surface area contributed by atoms with Crippen molar-refractivity contribution in [1.29, 1.82) is 0 Å². The molecule has 0 amide bonds. The predicted octanol–water partition coefficient (Wildman–Crippen LogP) is 1.40. The molecule has 84 valence electrons. The standard InChI is InChI=1S/C9H9ClN4O2/c10-6-1-2-7-9(14(15)16)12-8(3-4-11)13(7)5-6/h1-2,5H,3-4,11H2. The highest BCUT2D eigenvalue weighted by Crippen LogP contribution is 2.22. The summed E-state index contributed by atoms with van der Waals surface area (Å²) in [6.07, 6.45) is 2.07. The van der Waals surface area contributed by atoms with Crippen LogP contribution in [0.25, 0.3) is 5.52 Å². The van der Waals surface area contributed by atoms with Gasteiger partial charge in [0.2, 0.25) is 5.82 Å². The molecule has 0 atom stereocenters. The summed E-state index contributed by atoms with van der Waals surface area (Å²) in [6.45, 7) is 0.378. The van der Waals surface area contributed by atoms with Gasteiger partial charge < -0.3 is 15.8 Å². The molecule has 16 heavy (non-hydrogen) atoms. The van der Waals surface area contributed by atoms with Crippen molar-refractivity contribution in [3.63, 3.8) is 0 Å². The number of hydrogen-bond acceptors (Lipinski definition) is 4. The van der Waals surface area contributed by atoms with Crippen LogP contribution in [0.4, 0.5) is 5.82 Å². The molecule has 2 heterocycles. The summed E-state index contributed by atoms with van der Waals surface area (Å²) in [5.74, 6) is 0.381. The van der Waals surface area contributed by atoms with Crippen molar-refractivity contribution in [2.45, 2.75) is 6.42 Å². The molecule has 0 aliphatic carbocycles. The summed E-state index contributed by atoms with van der Waals surface area (Å²) in [5.41, 5.74) is 5.85. The number of pyridine rings is 1. The van der Waals surface area contributed by atoms with Crippen LogP contribution in [0.5, 0.6) is 0 Å². The molecule has 0 bridgehead atoms. The molecule has 0 aliphatic rings. The number of nitro groups is 1. The van der Waals surface area contributed by atoms with Crippen LogP contribution in [-0.2, 0) is 6.42 Å². The van der Waals surface area contributed by atoms with Crippen molar-refractivity contribution in [2.24, 2.45) is 5.73 Å². The van der Waals surface area contributed by atoms with Gasteiger partial charge in [0.15, 0.2) is 0 Å². The fraction of sp³-hybridized carbons (Fsp3) is 0.222. The third-order valence-electron chi connectivity index (χ3n) is 2.20. The van der Waals surface area contributed by atoms with Crippen LogP contribution >= 0.6 is 11.6 Å². The first-order valence-corrected chi connectivity index (χ1v) is 5.02. The molecule has 0 radical (unpaired) electrons. The Morgan fingerprint density at radius 1 is 1.56 bits per heavy atom. The van der Waals surface area contributed by atoms with Gasteiger partial charge in [-0.05, 0) is 22.0 Å². The monoisotopic (exact) mass is 240 g/mol. The average Bonchev–Trinajstić information content (AvgIpc) is 2.58. The molecule has 2 rings (SSSR count). The van der Waals surface area contributed by atoms with Gasteiger partial charge in [0, 0.05) is 19.2 Å². The topological polar surface area (TPSA) is 86.5 Å². The fourth-order valence-corrected chi connectivity index (χ4v) is 1.70. The first-order chi connectivity index (χ1) is 7.63. The van der Waals surface area contributed by atoms with Crippen molar-refractivity contribution < 1.29 is 4.92 Å². The van der Waals surface area contributed by atoms with E-state index in [2.05, 4.69) is 4.98 Å². The summed E-state index contributed by atoms with van der Waals surface area (Å²) < 4.78 is 1.60. The SMILES string of the molecule is NCCc1nc([N+](=O)[O-])c2ccc(Cl)cn12. The smallest absolute Gasteiger partial charge is 0.358 e. The van der Waals surface area contributed by atoms with E-state index in [1.54, 1.807) is 22.7 Å². The molecule has 0 saturated heterocycles.